The van der Waals surface area contributed by atoms with E-state index in [0.29, 0.717) is 5.56 Å². The first-order valence-electron chi connectivity index (χ1n) is 8.87. The minimum atomic E-state index is -1.22. The topological polar surface area (TPSA) is 160 Å². The van der Waals surface area contributed by atoms with Crippen molar-refractivity contribution in [2.45, 2.75) is 51.8 Å². The molecule has 0 heterocycles. The summed E-state index contributed by atoms with van der Waals surface area (Å²) in [5.74, 6) is -0.548. The van der Waals surface area contributed by atoms with Crippen LogP contribution in [-0.4, -0.2) is 52.4 Å². The lowest BCUT2D eigenvalue weighted by atomic mass is 10.0. The van der Waals surface area contributed by atoms with E-state index in [0.717, 1.165) is 0 Å². The Morgan fingerprint density at radius 2 is 1.76 bits per heavy atom. The number of hydrogen-bond donors (Lipinski definition) is 4. The number of nitrogens with zero attached hydrogens (tertiary/aromatic N) is 1. The Kier molecular flexibility index (Phi) is 8.37. The summed E-state index contributed by atoms with van der Waals surface area (Å²) in [5.41, 5.74) is -0.273. The molecule has 0 aromatic heterocycles. The fourth-order valence-corrected chi connectivity index (χ4v) is 2.29. The number of carboxylic acid groups (broad SMARTS) is 1. The summed E-state index contributed by atoms with van der Waals surface area (Å²) in [4.78, 5) is 45.5. The molecule has 0 aliphatic carbocycles. The van der Waals surface area contributed by atoms with Crippen LogP contribution in [0.5, 0.6) is 0 Å². The second kappa shape index (κ2) is 10.2. The van der Waals surface area contributed by atoms with E-state index in [1.807, 2.05) is 0 Å². The van der Waals surface area contributed by atoms with Crippen molar-refractivity contribution in [3.63, 3.8) is 0 Å². The lowest BCUT2D eigenvalue weighted by Crippen LogP contribution is -2.51. The van der Waals surface area contributed by atoms with Crippen molar-refractivity contribution in [2.75, 3.05) is 6.54 Å². The van der Waals surface area contributed by atoms with Crippen LogP contribution in [-0.2, 0) is 16.0 Å². The van der Waals surface area contributed by atoms with Gasteiger partial charge in [-0.15, -0.1) is 0 Å². The Hall–Kier alpha value is -3.37. The van der Waals surface area contributed by atoms with E-state index in [4.69, 9.17) is 9.84 Å². The van der Waals surface area contributed by atoms with Crippen LogP contribution in [0.2, 0.25) is 0 Å². The second-order valence-corrected chi connectivity index (χ2v) is 7.42. The van der Waals surface area contributed by atoms with E-state index in [-0.39, 0.29) is 18.7 Å². The van der Waals surface area contributed by atoms with Crippen molar-refractivity contribution in [1.29, 1.82) is 0 Å². The number of hydrogen-bond acceptors (Lipinski definition) is 6. The average Bonchev–Trinajstić information content (AvgIpc) is 2.57. The number of alkyl carbamates (subject to hydrolysis) is 1. The largest absolute Gasteiger partial charge is 0.465 e. The van der Waals surface area contributed by atoms with E-state index in [2.05, 4.69) is 16.0 Å². The van der Waals surface area contributed by atoms with E-state index < -0.39 is 40.7 Å². The van der Waals surface area contributed by atoms with Gasteiger partial charge in [-0.2, -0.15) is 0 Å². The molecule has 29 heavy (non-hydrogen) atoms. The van der Waals surface area contributed by atoms with Crippen LogP contribution >= 0.6 is 0 Å². The Bertz CT molecular complexity index is 744. The molecular formula is C18H26N4O7. The van der Waals surface area contributed by atoms with Gasteiger partial charge in [0.05, 0.1) is 4.92 Å². The standard InChI is InChI=1S/C18H26N4O7/c1-11(20-16(24)25)10-19-15(23)14(21-17(26)29-18(2,3)4)9-12-5-7-13(8-6-12)22(27)28/h5-8,11,14,20H,9-10H2,1-4H3,(H,19,23)(H,21,26)(H,24,25)/t11-,14-/m0/s1. The highest BCUT2D eigenvalue weighted by Gasteiger charge is 2.25. The first-order chi connectivity index (χ1) is 13.4. The van der Waals surface area contributed by atoms with Crippen LogP contribution in [0.25, 0.3) is 0 Å². The number of ether oxygens (including phenoxy) is 1. The van der Waals surface area contributed by atoms with Gasteiger partial charge in [-0.1, -0.05) is 12.1 Å². The third kappa shape index (κ3) is 9.40. The van der Waals surface area contributed by atoms with Gasteiger partial charge in [-0.3, -0.25) is 14.9 Å². The molecule has 0 bridgehead atoms. The van der Waals surface area contributed by atoms with Gasteiger partial charge in [0.2, 0.25) is 5.91 Å². The van der Waals surface area contributed by atoms with Crippen molar-refractivity contribution < 1.29 is 29.2 Å². The normalized spacial score (nSPS) is 13.0. The minimum absolute atomic E-state index is 0.0118. The second-order valence-electron chi connectivity index (χ2n) is 7.42. The molecule has 0 fully saturated rings. The molecule has 3 amide bonds. The van der Waals surface area contributed by atoms with Crippen LogP contribution in [0.3, 0.4) is 0 Å². The maximum Gasteiger partial charge on any atom is 0.408 e. The lowest BCUT2D eigenvalue weighted by molar-refractivity contribution is -0.384. The summed E-state index contributed by atoms with van der Waals surface area (Å²) in [7, 11) is 0. The number of carbonyl (C=O) groups is 3. The highest BCUT2D eigenvalue weighted by Crippen LogP contribution is 2.14. The van der Waals surface area contributed by atoms with Crippen molar-refractivity contribution in [3.05, 3.63) is 39.9 Å². The molecule has 1 aromatic carbocycles. The van der Waals surface area contributed by atoms with E-state index in [1.54, 1.807) is 27.7 Å². The lowest BCUT2D eigenvalue weighted by Gasteiger charge is -2.24. The number of nitro benzene ring substituents is 1. The maximum atomic E-state index is 12.5. The van der Waals surface area contributed by atoms with Crippen LogP contribution in [0.4, 0.5) is 15.3 Å². The Morgan fingerprint density at radius 3 is 2.24 bits per heavy atom. The molecule has 4 N–H and O–H groups in total. The SMILES string of the molecule is C[C@@H](CNC(=O)[C@H](Cc1ccc([N+](=O)[O-])cc1)NC(=O)OC(C)(C)C)NC(=O)O. The molecule has 0 saturated carbocycles. The highest BCUT2D eigenvalue weighted by molar-refractivity contribution is 5.86. The molecule has 0 saturated heterocycles. The van der Waals surface area contributed by atoms with Gasteiger partial charge in [0, 0.05) is 31.1 Å². The molecule has 0 radical (unpaired) electrons. The van der Waals surface area contributed by atoms with Crippen LogP contribution in [0.15, 0.2) is 24.3 Å². The zero-order chi connectivity index (χ0) is 22.2. The molecule has 2 atom stereocenters. The van der Waals surface area contributed by atoms with E-state index in [1.165, 1.54) is 24.3 Å². The molecule has 0 aliphatic rings. The summed E-state index contributed by atoms with van der Waals surface area (Å²) in [5, 5.41) is 26.7. The summed E-state index contributed by atoms with van der Waals surface area (Å²) >= 11 is 0. The fraction of sp³-hybridized carbons (Fsp3) is 0.500. The zero-order valence-corrected chi connectivity index (χ0v) is 16.7. The van der Waals surface area contributed by atoms with Crippen LogP contribution in [0.1, 0.15) is 33.3 Å². The smallest absolute Gasteiger partial charge is 0.408 e. The van der Waals surface area contributed by atoms with E-state index in [9.17, 15) is 24.5 Å². The van der Waals surface area contributed by atoms with Crippen molar-refractivity contribution in [3.8, 4) is 0 Å². The number of rotatable bonds is 8. The predicted octanol–water partition coefficient (Wildman–Crippen LogP) is 1.80. The number of benzene rings is 1. The molecule has 160 valence electrons. The van der Waals surface area contributed by atoms with E-state index >= 15 is 0 Å². The molecule has 1 rings (SSSR count). The third-order valence-electron chi connectivity index (χ3n) is 3.55. The number of nitro groups is 1. The summed E-state index contributed by atoms with van der Waals surface area (Å²) < 4.78 is 5.18. The number of non-ortho nitro benzene ring substituents is 1. The van der Waals surface area contributed by atoms with Gasteiger partial charge in [0.15, 0.2) is 0 Å². The molecule has 11 nitrogen and oxygen atoms in total. The summed E-state index contributed by atoms with van der Waals surface area (Å²) in [6.45, 7) is 6.62. The van der Waals surface area contributed by atoms with Crippen molar-refractivity contribution >= 4 is 23.8 Å². The number of nitrogens with one attached hydrogen (secondary N) is 3. The predicted molar refractivity (Wildman–Crippen MR) is 104 cm³/mol. The minimum Gasteiger partial charge on any atom is -0.465 e. The van der Waals surface area contributed by atoms with Crippen molar-refractivity contribution in [2.24, 2.45) is 0 Å². The highest BCUT2D eigenvalue weighted by atomic mass is 16.6. The van der Waals surface area contributed by atoms with Gasteiger partial charge in [0.25, 0.3) is 5.69 Å². The summed E-state index contributed by atoms with van der Waals surface area (Å²) in [6.07, 6.45) is -1.96. The van der Waals surface area contributed by atoms with Gasteiger partial charge in [-0.25, -0.2) is 9.59 Å². The molecule has 0 spiro atoms. The Balaban J connectivity index is 2.86. The average molecular weight is 410 g/mol. The van der Waals surface area contributed by atoms with Gasteiger partial charge >= 0.3 is 12.2 Å². The van der Waals surface area contributed by atoms with Gasteiger partial charge < -0.3 is 25.8 Å². The maximum absolute atomic E-state index is 12.5. The number of amides is 3. The third-order valence-corrected chi connectivity index (χ3v) is 3.55. The van der Waals surface area contributed by atoms with Gasteiger partial charge in [-0.05, 0) is 33.3 Å². The molecule has 0 unspecified atom stereocenters. The summed E-state index contributed by atoms with van der Waals surface area (Å²) in [6, 6.07) is 4.02. The Labute approximate surface area is 168 Å². The van der Waals surface area contributed by atoms with Crippen LogP contribution < -0.4 is 16.0 Å². The first-order valence-corrected chi connectivity index (χ1v) is 8.87. The Morgan fingerprint density at radius 1 is 1.17 bits per heavy atom. The fourth-order valence-electron chi connectivity index (χ4n) is 2.29. The quantitative estimate of drug-likeness (QED) is 0.375. The molecular weight excluding hydrogens is 384 g/mol. The number of carbonyl (C=O) groups excluding carboxylic acids is 2. The molecule has 11 heteroatoms. The first kappa shape index (κ1) is 23.7. The van der Waals surface area contributed by atoms with Crippen molar-refractivity contribution in [1.82, 2.24) is 16.0 Å². The van der Waals surface area contributed by atoms with Crippen LogP contribution in [0, 0.1) is 10.1 Å². The molecule has 0 aliphatic heterocycles. The molecule has 1 aromatic rings. The zero-order valence-electron chi connectivity index (χ0n) is 16.7. The monoisotopic (exact) mass is 410 g/mol. The van der Waals surface area contributed by atoms with Gasteiger partial charge in [0.1, 0.15) is 11.6 Å².